The number of amides is 1. The van der Waals surface area contributed by atoms with Gasteiger partial charge in [-0.3, -0.25) is 4.79 Å². The summed E-state index contributed by atoms with van der Waals surface area (Å²) in [5.74, 6) is 1.11. The van der Waals surface area contributed by atoms with Crippen LogP contribution in [0.5, 0.6) is 11.5 Å². The summed E-state index contributed by atoms with van der Waals surface area (Å²) in [4.78, 5) is 19.5. The van der Waals surface area contributed by atoms with Gasteiger partial charge < -0.3 is 19.8 Å². The van der Waals surface area contributed by atoms with Crippen LogP contribution in [-0.2, 0) is 6.54 Å². The number of ether oxygens (including phenoxy) is 2. The smallest absolute Gasteiger partial charge is 0.251 e. The summed E-state index contributed by atoms with van der Waals surface area (Å²) in [6, 6.07) is 9.01. The zero-order valence-electron chi connectivity index (χ0n) is 11.6. The first kappa shape index (κ1) is 12.7. The van der Waals surface area contributed by atoms with Crippen LogP contribution in [0.2, 0.25) is 0 Å². The monoisotopic (exact) mass is 295 g/mol. The van der Waals surface area contributed by atoms with E-state index in [2.05, 4.69) is 15.3 Å². The average molecular weight is 295 g/mol. The van der Waals surface area contributed by atoms with Gasteiger partial charge in [-0.05, 0) is 35.9 Å². The van der Waals surface area contributed by atoms with E-state index < -0.39 is 0 Å². The van der Waals surface area contributed by atoms with Gasteiger partial charge in [0.2, 0.25) is 6.79 Å². The van der Waals surface area contributed by atoms with Crippen molar-refractivity contribution in [2.24, 2.45) is 0 Å². The van der Waals surface area contributed by atoms with Crippen molar-refractivity contribution in [3.05, 3.63) is 53.9 Å². The number of pyridine rings is 1. The minimum absolute atomic E-state index is 0.154. The molecular weight excluding hydrogens is 282 g/mol. The average Bonchev–Trinajstić information content (AvgIpc) is 3.20. The van der Waals surface area contributed by atoms with E-state index in [1.807, 2.05) is 18.3 Å². The highest BCUT2D eigenvalue weighted by atomic mass is 16.7. The number of aromatic nitrogens is 2. The standard InChI is InChI=1S/C16H13N3O3/c20-16(10-1-2-13-14(7-10)22-9-21-13)19-8-11-3-5-17-15-12(11)4-6-18-15/h1-7H,8-9H2,(H,17,18)(H,19,20). The molecule has 4 rings (SSSR count). The predicted molar refractivity (Wildman–Crippen MR) is 79.8 cm³/mol. The summed E-state index contributed by atoms with van der Waals surface area (Å²) >= 11 is 0. The molecule has 0 unspecified atom stereocenters. The molecule has 110 valence electrons. The molecule has 2 N–H and O–H groups in total. The van der Waals surface area contributed by atoms with Crippen molar-refractivity contribution in [2.45, 2.75) is 6.54 Å². The predicted octanol–water partition coefficient (Wildman–Crippen LogP) is 2.22. The number of H-pyrrole nitrogens is 1. The highest BCUT2D eigenvalue weighted by Crippen LogP contribution is 2.32. The number of carbonyl (C=O) groups is 1. The molecule has 22 heavy (non-hydrogen) atoms. The molecule has 1 aliphatic rings. The molecule has 6 nitrogen and oxygen atoms in total. The molecule has 1 aromatic carbocycles. The van der Waals surface area contributed by atoms with Gasteiger partial charge >= 0.3 is 0 Å². The first-order valence-corrected chi connectivity index (χ1v) is 6.90. The molecule has 2 aromatic heterocycles. The lowest BCUT2D eigenvalue weighted by molar-refractivity contribution is 0.0950. The maximum Gasteiger partial charge on any atom is 0.251 e. The minimum atomic E-state index is -0.154. The van der Waals surface area contributed by atoms with Crippen LogP contribution in [0.4, 0.5) is 0 Å². The molecular formula is C16H13N3O3. The number of rotatable bonds is 3. The number of fused-ring (bicyclic) bond motifs is 2. The molecule has 3 heterocycles. The van der Waals surface area contributed by atoms with E-state index in [4.69, 9.17) is 9.47 Å². The SMILES string of the molecule is O=C(NCc1ccnc2[nH]ccc12)c1ccc2c(c1)OCO2. The normalized spacial score (nSPS) is 12.5. The van der Waals surface area contributed by atoms with E-state index in [1.165, 1.54) is 0 Å². The molecule has 3 aromatic rings. The maximum atomic E-state index is 12.3. The molecule has 0 spiro atoms. The van der Waals surface area contributed by atoms with Crippen molar-refractivity contribution in [3.63, 3.8) is 0 Å². The molecule has 6 heteroatoms. The molecule has 0 atom stereocenters. The summed E-state index contributed by atoms with van der Waals surface area (Å²) in [6.07, 6.45) is 3.56. The van der Waals surface area contributed by atoms with Gasteiger partial charge in [-0.25, -0.2) is 4.98 Å². The largest absolute Gasteiger partial charge is 0.454 e. The fourth-order valence-electron chi connectivity index (χ4n) is 2.49. The molecule has 1 amide bonds. The summed E-state index contributed by atoms with van der Waals surface area (Å²) in [7, 11) is 0. The molecule has 0 saturated carbocycles. The second-order valence-corrected chi connectivity index (χ2v) is 4.96. The first-order valence-electron chi connectivity index (χ1n) is 6.90. The zero-order valence-corrected chi connectivity index (χ0v) is 11.6. The Labute approximate surface area is 126 Å². The Balaban J connectivity index is 1.52. The molecule has 0 bridgehead atoms. The van der Waals surface area contributed by atoms with E-state index in [0.29, 0.717) is 23.6 Å². The van der Waals surface area contributed by atoms with Gasteiger partial charge in [-0.1, -0.05) is 0 Å². The highest BCUT2D eigenvalue weighted by Gasteiger charge is 2.16. The summed E-state index contributed by atoms with van der Waals surface area (Å²) in [5, 5.41) is 3.92. The third-order valence-electron chi connectivity index (χ3n) is 3.62. The quantitative estimate of drug-likeness (QED) is 0.777. The lowest BCUT2D eigenvalue weighted by Gasteiger charge is -2.07. The number of benzene rings is 1. The fraction of sp³-hybridized carbons (Fsp3) is 0.125. The van der Waals surface area contributed by atoms with E-state index in [9.17, 15) is 4.79 Å². The van der Waals surface area contributed by atoms with Gasteiger partial charge in [0.25, 0.3) is 5.91 Å². The fourth-order valence-corrected chi connectivity index (χ4v) is 2.49. The van der Waals surface area contributed by atoms with E-state index in [1.54, 1.807) is 24.4 Å². The summed E-state index contributed by atoms with van der Waals surface area (Å²) < 4.78 is 10.5. The Hall–Kier alpha value is -3.02. The minimum Gasteiger partial charge on any atom is -0.454 e. The van der Waals surface area contributed by atoms with E-state index >= 15 is 0 Å². The van der Waals surface area contributed by atoms with Crippen molar-refractivity contribution >= 4 is 16.9 Å². The second kappa shape index (κ2) is 5.07. The van der Waals surface area contributed by atoms with Gasteiger partial charge in [0, 0.05) is 29.9 Å². The van der Waals surface area contributed by atoms with Crippen molar-refractivity contribution in [1.29, 1.82) is 0 Å². The van der Waals surface area contributed by atoms with Crippen molar-refractivity contribution in [3.8, 4) is 11.5 Å². The lowest BCUT2D eigenvalue weighted by atomic mass is 10.1. The Bertz CT molecular complexity index is 857. The van der Waals surface area contributed by atoms with Crippen LogP contribution in [0.3, 0.4) is 0 Å². The van der Waals surface area contributed by atoms with Crippen LogP contribution < -0.4 is 14.8 Å². The van der Waals surface area contributed by atoms with Crippen LogP contribution >= 0.6 is 0 Å². The number of hydrogen-bond donors (Lipinski definition) is 2. The van der Waals surface area contributed by atoms with E-state index in [0.717, 1.165) is 16.6 Å². The Morgan fingerprint density at radius 3 is 3.09 bits per heavy atom. The molecule has 0 aliphatic carbocycles. The van der Waals surface area contributed by atoms with Crippen LogP contribution in [-0.4, -0.2) is 22.7 Å². The van der Waals surface area contributed by atoms with Crippen LogP contribution in [0.1, 0.15) is 15.9 Å². The van der Waals surface area contributed by atoms with Gasteiger partial charge in [-0.2, -0.15) is 0 Å². The van der Waals surface area contributed by atoms with E-state index in [-0.39, 0.29) is 12.7 Å². The molecule has 0 radical (unpaired) electrons. The Morgan fingerprint density at radius 2 is 2.14 bits per heavy atom. The lowest BCUT2D eigenvalue weighted by Crippen LogP contribution is -2.22. The Morgan fingerprint density at radius 1 is 1.23 bits per heavy atom. The van der Waals surface area contributed by atoms with Crippen LogP contribution in [0, 0.1) is 0 Å². The Kier molecular flexibility index (Phi) is 2.93. The van der Waals surface area contributed by atoms with Crippen LogP contribution in [0.15, 0.2) is 42.7 Å². The van der Waals surface area contributed by atoms with Crippen molar-refractivity contribution in [2.75, 3.05) is 6.79 Å². The molecule has 0 saturated heterocycles. The number of nitrogens with zero attached hydrogens (tertiary/aromatic N) is 1. The molecule has 0 fully saturated rings. The summed E-state index contributed by atoms with van der Waals surface area (Å²) in [6.45, 7) is 0.632. The first-order chi connectivity index (χ1) is 10.8. The summed E-state index contributed by atoms with van der Waals surface area (Å²) in [5.41, 5.74) is 2.37. The zero-order chi connectivity index (χ0) is 14.9. The topological polar surface area (TPSA) is 76.2 Å². The number of hydrogen-bond acceptors (Lipinski definition) is 4. The van der Waals surface area contributed by atoms with Gasteiger partial charge in [-0.15, -0.1) is 0 Å². The molecule has 1 aliphatic heterocycles. The van der Waals surface area contributed by atoms with Gasteiger partial charge in [0.15, 0.2) is 11.5 Å². The number of aromatic amines is 1. The van der Waals surface area contributed by atoms with Gasteiger partial charge in [0.05, 0.1) is 0 Å². The second-order valence-electron chi connectivity index (χ2n) is 4.96. The van der Waals surface area contributed by atoms with Crippen LogP contribution in [0.25, 0.3) is 11.0 Å². The van der Waals surface area contributed by atoms with Gasteiger partial charge in [0.1, 0.15) is 5.65 Å². The third kappa shape index (κ3) is 2.14. The highest BCUT2D eigenvalue weighted by molar-refractivity contribution is 5.95. The number of carbonyl (C=O) groups excluding carboxylic acids is 1. The van der Waals surface area contributed by atoms with Crippen molar-refractivity contribution < 1.29 is 14.3 Å². The maximum absolute atomic E-state index is 12.3. The van der Waals surface area contributed by atoms with Crippen molar-refractivity contribution in [1.82, 2.24) is 15.3 Å². The third-order valence-corrected chi connectivity index (χ3v) is 3.62. The number of nitrogens with one attached hydrogen (secondary N) is 2.